The lowest BCUT2D eigenvalue weighted by molar-refractivity contribution is -0.121. The number of rotatable bonds is 6. The Morgan fingerprint density at radius 1 is 1.24 bits per heavy atom. The van der Waals surface area contributed by atoms with Gasteiger partial charge in [0.25, 0.3) is 0 Å². The third-order valence-corrected chi connectivity index (χ3v) is 4.24. The molecule has 1 fully saturated rings. The molecule has 1 amide bonds. The summed E-state index contributed by atoms with van der Waals surface area (Å²) in [6, 6.07) is 17.7. The number of carbonyl (C=O) groups is 1. The van der Waals surface area contributed by atoms with Crippen LogP contribution in [-0.2, 0) is 16.1 Å². The molecule has 0 aliphatic carbocycles. The van der Waals surface area contributed by atoms with E-state index in [2.05, 4.69) is 34.5 Å². The van der Waals surface area contributed by atoms with Crippen LogP contribution in [0.5, 0.6) is 5.75 Å². The molecule has 0 radical (unpaired) electrons. The zero-order valence-electron chi connectivity index (χ0n) is 14.5. The molecule has 1 aliphatic heterocycles. The first-order valence-electron chi connectivity index (χ1n) is 8.55. The number of amides is 1. The molecular formula is C20H24N2O3. The van der Waals surface area contributed by atoms with Gasteiger partial charge in [-0.05, 0) is 17.7 Å². The molecule has 2 aromatic rings. The fraction of sp³-hybridized carbons (Fsp3) is 0.350. The van der Waals surface area contributed by atoms with Gasteiger partial charge in [0.15, 0.2) is 0 Å². The molecule has 132 valence electrons. The summed E-state index contributed by atoms with van der Waals surface area (Å²) in [6.07, 6.45) is 0.269. The van der Waals surface area contributed by atoms with Crippen LogP contribution in [0, 0.1) is 0 Å². The zero-order chi connectivity index (χ0) is 17.5. The van der Waals surface area contributed by atoms with E-state index in [1.807, 2.05) is 24.3 Å². The van der Waals surface area contributed by atoms with Crippen LogP contribution < -0.4 is 10.1 Å². The second-order valence-corrected chi connectivity index (χ2v) is 6.20. The molecule has 0 bridgehead atoms. The Balaban J connectivity index is 1.50. The molecule has 1 N–H and O–H groups in total. The number of morpholine rings is 1. The molecule has 2 aromatic carbocycles. The average molecular weight is 340 g/mol. The first-order valence-corrected chi connectivity index (χ1v) is 8.55. The smallest absolute Gasteiger partial charge is 0.227 e. The van der Waals surface area contributed by atoms with Crippen molar-refractivity contribution >= 4 is 11.6 Å². The van der Waals surface area contributed by atoms with Crippen molar-refractivity contribution in [3.8, 4) is 5.75 Å². The van der Waals surface area contributed by atoms with Crippen molar-refractivity contribution in [2.75, 3.05) is 32.1 Å². The molecule has 3 rings (SSSR count). The number of anilines is 1. The number of hydrogen-bond acceptors (Lipinski definition) is 4. The van der Waals surface area contributed by atoms with E-state index in [1.165, 1.54) is 5.56 Å². The van der Waals surface area contributed by atoms with Crippen molar-refractivity contribution in [2.45, 2.75) is 19.1 Å². The Bertz CT molecular complexity index is 690. The highest BCUT2D eigenvalue weighted by Crippen LogP contribution is 2.18. The van der Waals surface area contributed by atoms with Gasteiger partial charge in [-0.2, -0.15) is 0 Å². The van der Waals surface area contributed by atoms with Gasteiger partial charge in [-0.1, -0.05) is 36.4 Å². The Kier molecular flexibility index (Phi) is 6.04. The molecule has 25 heavy (non-hydrogen) atoms. The molecule has 1 aliphatic rings. The number of carbonyl (C=O) groups excluding carboxylic acids is 1. The average Bonchev–Trinajstić information content (AvgIpc) is 2.63. The van der Waals surface area contributed by atoms with Gasteiger partial charge in [0.05, 0.1) is 26.2 Å². The van der Waals surface area contributed by atoms with Crippen LogP contribution >= 0.6 is 0 Å². The number of nitrogens with one attached hydrogen (secondary N) is 1. The van der Waals surface area contributed by atoms with Crippen LogP contribution in [0.25, 0.3) is 0 Å². The van der Waals surface area contributed by atoms with Crippen molar-refractivity contribution in [3.05, 3.63) is 60.2 Å². The Morgan fingerprint density at radius 2 is 2.08 bits per heavy atom. The Labute approximate surface area is 148 Å². The molecule has 0 spiro atoms. The third kappa shape index (κ3) is 5.31. The molecule has 0 aromatic heterocycles. The molecule has 0 saturated carbocycles. The Hall–Kier alpha value is -2.37. The number of methoxy groups -OCH3 is 1. The lowest BCUT2D eigenvalue weighted by Gasteiger charge is -2.32. The van der Waals surface area contributed by atoms with Crippen molar-refractivity contribution < 1.29 is 14.3 Å². The first kappa shape index (κ1) is 17.5. The molecule has 5 heteroatoms. The molecule has 5 nitrogen and oxygen atoms in total. The van der Waals surface area contributed by atoms with Gasteiger partial charge < -0.3 is 14.8 Å². The minimum atomic E-state index is -0.0805. The largest absolute Gasteiger partial charge is 0.497 e. The van der Waals surface area contributed by atoms with Crippen LogP contribution in [-0.4, -0.2) is 43.7 Å². The van der Waals surface area contributed by atoms with E-state index in [4.69, 9.17) is 9.47 Å². The van der Waals surface area contributed by atoms with E-state index in [1.54, 1.807) is 13.2 Å². The maximum Gasteiger partial charge on any atom is 0.227 e. The third-order valence-electron chi connectivity index (χ3n) is 4.24. The van der Waals surface area contributed by atoms with Crippen LogP contribution in [0.3, 0.4) is 0 Å². The fourth-order valence-corrected chi connectivity index (χ4v) is 3.01. The van der Waals surface area contributed by atoms with Gasteiger partial charge in [0.2, 0.25) is 5.91 Å². The second kappa shape index (κ2) is 8.65. The molecule has 1 atom stereocenters. The van der Waals surface area contributed by atoms with E-state index in [0.717, 1.165) is 31.1 Å². The number of ether oxygens (including phenoxy) is 2. The summed E-state index contributed by atoms with van der Waals surface area (Å²) in [4.78, 5) is 14.6. The summed E-state index contributed by atoms with van der Waals surface area (Å²) in [6.45, 7) is 3.20. The van der Waals surface area contributed by atoms with E-state index < -0.39 is 0 Å². The van der Waals surface area contributed by atoms with E-state index >= 15 is 0 Å². The van der Waals surface area contributed by atoms with Gasteiger partial charge in [-0.15, -0.1) is 0 Å². The summed E-state index contributed by atoms with van der Waals surface area (Å²) in [5.41, 5.74) is 2.02. The Morgan fingerprint density at radius 3 is 2.88 bits per heavy atom. The summed E-state index contributed by atoms with van der Waals surface area (Å²) in [5.74, 6) is 0.681. The number of benzene rings is 2. The predicted octanol–water partition coefficient (Wildman–Crippen LogP) is 2.92. The van der Waals surface area contributed by atoms with Crippen molar-refractivity contribution in [1.82, 2.24) is 4.90 Å². The molecule has 1 unspecified atom stereocenters. The maximum absolute atomic E-state index is 12.3. The van der Waals surface area contributed by atoms with Gasteiger partial charge in [0, 0.05) is 31.4 Å². The highest BCUT2D eigenvalue weighted by atomic mass is 16.5. The fourth-order valence-electron chi connectivity index (χ4n) is 3.01. The molecule has 1 saturated heterocycles. The molecule has 1 heterocycles. The van der Waals surface area contributed by atoms with Gasteiger partial charge in [-0.3, -0.25) is 9.69 Å². The topological polar surface area (TPSA) is 50.8 Å². The standard InChI is InChI=1S/C20H24N2O3/c1-24-18-9-5-8-17(12-18)21-20(23)13-19-15-22(10-11-25-19)14-16-6-3-2-4-7-16/h2-9,12,19H,10-11,13-15H2,1H3,(H,21,23). The van der Waals surface area contributed by atoms with Crippen LogP contribution in [0.2, 0.25) is 0 Å². The summed E-state index contributed by atoms with van der Waals surface area (Å²) in [5, 5.41) is 2.91. The second-order valence-electron chi connectivity index (χ2n) is 6.20. The van der Waals surface area contributed by atoms with E-state index in [0.29, 0.717) is 13.0 Å². The minimum absolute atomic E-state index is 0.0418. The summed E-state index contributed by atoms with van der Waals surface area (Å²) < 4.78 is 10.9. The van der Waals surface area contributed by atoms with Crippen molar-refractivity contribution in [3.63, 3.8) is 0 Å². The zero-order valence-corrected chi connectivity index (χ0v) is 14.5. The number of hydrogen-bond donors (Lipinski definition) is 1. The van der Waals surface area contributed by atoms with Gasteiger partial charge in [-0.25, -0.2) is 0 Å². The number of nitrogens with zero attached hydrogens (tertiary/aromatic N) is 1. The first-order chi connectivity index (χ1) is 12.2. The maximum atomic E-state index is 12.3. The van der Waals surface area contributed by atoms with Crippen LogP contribution in [0.15, 0.2) is 54.6 Å². The normalized spacial score (nSPS) is 17.9. The van der Waals surface area contributed by atoms with Crippen LogP contribution in [0.4, 0.5) is 5.69 Å². The lowest BCUT2D eigenvalue weighted by Crippen LogP contribution is -2.43. The summed E-state index contributed by atoms with van der Waals surface area (Å²) >= 11 is 0. The highest BCUT2D eigenvalue weighted by molar-refractivity contribution is 5.91. The SMILES string of the molecule is COc1cccc(NC(=O)CC2CN(Cc3ccccc3)CCO2)c1. The van der Waals surface area contributed by atoms with Crippen LogP contribution in [0.1, 0.15) is 12.0 Å². The van der Waals surface area contributed by atoms with Crippen molar-refractivity contribution in [1.29, 1.82) is 0 Å². The quantitative estimate of drug-likeness (QED) is 0.878. The highest BCUT2D eigenvalue weighted by Gasteiger charge is 2.23. The summed E-state index contributed by atoms with van der Waals surface area (Å²) in [7, 11) is 1.61. The van der Waals surface area contributed by atoms with Gasteiger partial charge in [0.1, 0.15) is 5.75 Å². The lowest BCUT2D eigenvalue weighted by atomic mass is 10.1. The van der Waals surface area contributed by atoms with Crippen molar-refractivity contribution in [2.24, 2.45) is 0 Å². The van der Waals surface area contributed by atoms with E-state index in [9.17, 15) is 4.79 Å². The van der Waals surface area contributed by atoms with E-state index in [-0.39, 0.29) is 12.0 Å². The van der Waals surface area contributed by atoms with Gasteiger partial charge >= 0.3 is 0 Å². The monoisotopic (exact) mass is 340 g/mol. The predicted molar refractivity (Wildman–Crippen MR) is 97.7 cm³/mol. The minimum Gasteiger partial charge on any atom is -0.497 e. The molecular weight excluding hydrogens is 316 g/mol.